The summed E-state index contributed by atoms with van der Waals surface area (Å²) in [6, 6.07) is 3.44. The molecule has 2 saturated heterocycles. The van der Waals surface area contributed by atoms with Crippen molar-refractivity contribution in [3.8, 4) is 0 Å². The summed E-state index contributed by atoms with van der Waals surface area (Å²) in [5.74, 6) is -1.42. The van der Waals surface area contributed by atoms with Crippen LogP contribution in [-0.2, 0) is 24.4 Å². The van der Waals surface area contributed by atoms with Gasteiger partial charge in [-0.05, 0) is 30.9 Å². The molecular formula is C18H22N4O5S. The van der Waals surface area contributed by atoms with Gasteiger partial charge in [-0.25, -0.2) is 13.4 Å². The van der Waals surface area contributed by atoms with E-state index in [9.17, 15) is 22.8 Å². The molecule has 0 aromatic carbocycles. The Hall–Kier alpha value is -2.33. The molecule has 1 aromatic heterocycles. The van der Waals surface area contributed by atoms with Crippen molar-refractivity contribution >= 4 is 27.6 Å². The normalized spacial score (nSPS) is 27.8. The fourth-order valence-electron chi connectivity index (χ4n) is 4.37. The maximum absolute atomic E-state index is 13.0. The quantitative estimate of drug-likeness (QED) is 0.644. The lowest BCUT2D eigenvalue weighted by molar-refractivity contribution is -0.149. The van der Waals surface area contributed by atoms with Gasteiger partial charge in [0.2, 0.25) is 5.91 Å². The van der Waals surface area contributed by atoms with Crippen LogP contribution in [0.15, 0.2) is 29.4 Å². The third-order valence-corrected chi connectivity index (χ3v) is 7.73. The standard InChI is InChI=1S/C18H22N4O5S/c19-17(25)18-13(8-10-21(18)16(24)7-6-12-4-5-12)22(11-14(18)23)28(26,27)15-3-1-2-9-20-15/h1-3,9,12-13H,4-8,10-11H2,(H2,19,25). The van der Waals surface area contributed by atoms with Gasteiger partial charge < -0.3 is 10.6 Å². The lowest BCUT2D eigenvalue weighted by atomic mass is 9.89. The molecule has 1 aliphatic carbocycles. The Morgan fingerprint density at radius 3 is 2.61 bits per heavy atom. The van der Waals surface area contributed by atoms with Gasteiger partial charge in [0.25, 0.3) is 15.9 Å². The topological polar surface area (TPSA) is 131 Å². The molecule has 2 amide bonds. The number of aromatic nitrogens is 1. The van der Waals surface area contributed by atoms with E-state index in [0.717, 1.165) is 17.1 Å². The van der Waals surface area contributed by atoms with Gasteiger partial charge in [-0.2, -0.15) is 4.31 Å². The predicted molar refractivity (Wildman–Crippen MR) is 97.1 cm³/mol. The highest BCUT2D eigenvalue weighted by atomic mass is 32.2. The van der Waals surface area contributed by atoms with Crippen LogP contribution < -0.4 is 5.73 Å². The number of pyridine rings is 1. The van der Waals surface area contributed by atoms with Crippen molar-refractivity contribution in [2.75, 3.05) is 13.1 Å². The van der Waals surface area contributed by atoms with Crippen molar-refractivity contribution in [3.05, 3.63) is 24.4 Å². The molecule has 28 heavy (non-hydrogen) atoms. The Morgan fingerprint density at radius 2 is 2.00 bits per heavy atom. The van der Waals surface area contributed by atoms with E-state index in [4.69, 9.17) is 5.73 Å². The van der Waals surface area contributed by atoms with Gasteiger partial charge in [-0.1, -0.05) is 18.9 Å². The zero-order valence-corrected chi connectivity index (χ0v) is 16.1. The van der Waals surface area contributed by atoms with Gasteiger partial charge in [0.15, 0.2) is 16.3 Å². The van der Waals surface area contributed by atoms with Crippen molar-refractivity contribution < 1.29 is 22.8 Å². The Labute approximate surface area is 162 Å². The van der Waals surface area contributed by atoms with Crippen LogP contribution in [0.1, 0.15) is 32.1 Å². The van der Waals surface area contributed by atoms with Crippen molar-refractivity contribution in [3.63, 3.8) is 0 Å². The molecule has 3 heterocycles. The molecule has 10 heteroatoms. The number of ketones is 1. The van der Waals surface area contributed by atoms with Crippen molar-refractivity contribution in [1.29, 1.82) is 0 Å². The molecule has 4 rings (SSSR count). The highest BCUT2D eigenvalue weighted by Gasteiger charge is 2.68. The van der Waals surface area contributed by atoms with Crippen LogP contribution in [0.3, 0.4) is 0 Å². The molecule has 2 atom stereocenters. The molecule has 9 nitrogen and oxygen atoms in total. The first-order chi connectivity index (χ1) is 13.3. The minimum absolute atomic E-state index is 0.122. The number of sulfonamides is 1. The third kappa shape index (κ3) is 2.74. The molecule has 150 valence electrons. The van der Waals surface area contributed by atoms with E-state index in [1.807, 2.05) is 0 Å². The fourth-order valence-corrected chi connectivity index (χ4v) is 5.94. The maximum Gasteiger partial charge on any atom is 0.261 e. The Bertz CT molecular complexity index is 931. The zero-order valence-electron chi connectivity index (χ0n) is 15.3. The molecule has 3 fully saturated rings. The molecular weight excluding hydrogens is 384 g/mol. The largest absolute Gasteiger partial charge is 0.367 e. The first kappa shape index (κ1) is 19.0. The summed E-state index contributed by atoms with van der Waals surface area (Å²) in [7, 11) is -4.11. The van der Waals surface area contributed by atoms with Gasteiger partial charge in [0.05, 0.1) is 12.6 Å². The fraction of sp³-hybridized carbons (Fsp3) is 0.556. The number of likely N-dealkylation sites (tertiary alicyclic amines) is 1. The highest BCUT2D eigenvalue weighted by Crippen LogP contribution is 2.42. The Kier molecular flexibility index (Phi) is 4.50. The Balaban J connectivity index is 1.68. The number of primary amides is 1. The number of nitrogens with two attached hydrogens (primary N) is 1. The van der Waals surface area contributed by atoms with Crippen LogP contribution in [0.4, 0.5) is 0 Å². The van der Waals surface area contributed by atoms with Gasteiger partial charge in [-0.3, -0.25) is 14.4 Å². The van der Waals surface area contributed by atoms with E-state index >= 15 is 0 Å². The summed E-state index contributed by atoms with van der Waals surface area (Å²) in [6.07, 6.45) is 4.63. The number of carbonyl (C=O) groups is 3. The number of rotatable bonds is 6. The van der Waals surface area contributed by atoms with Crippen LogP contribution in [-0.4, -0.2) is 64.9 Å². The van der Waals surface area contributed by atoms with Crippen molar-refractivity contribution in [2.24, 2.45) is 11.7 Å². The smallest absolute Gasteiger partial charge is 0.261 e. The van der Waals surface area contributed by atoms with Crippen LogP contribution >= 0.6 is 0 Å². The highest BCUT2D eigenvalue weighted by molar-refractivity contribution is 7.89. The monoisotopic (exact) mass is 406 g/mol. The Morgan fingerprint density at radius 1 is 1.25 bits per heavy atom. The van der Waals surface area contributed by atoms with Crippen molar-refractivity contribution in [2.45, 2.75) is 48.7 Å². The van der Waals surface area contributed by atoms with E-state index in [1.165, 1.54) is 23.2 Å². The predicted octanol–water partition coefficient (Wildman–Crippen LogP) is -0.330. The third-order valence-electron chi connectivity index (χ3n) is 5.96. The van der Waals surface area contributed by atoms with Gasteiger partial charge in [-0.15, -0.1) is 0 Å². The minimum atomic E-state index is -4.11. The van der Waals surface area contributed by atoms with Gasteiger partial charge >= 0.3 is 0 Å². The summed E-state index contributed by atoms with van der Waals surface area (Å²) < 4.78 is 27.1. The second-order valence-corrected chi connectivity index (χ2v) is 9.44. The number of carbonyl (C=O) groups excluding carboxylic acids is 3. The molecule has 0 radical (unpaired) electrons. The number of amides is 2. The lowest BCUT2D eigenvalue weighted by Gasteiger charge is -2.34. The second kappa shape index (κ2) is 6.63. The molecule has 0 bridgehead atoms. The average Bonchev–Trinajstić information content (AvgIpc) is 3.33. The van der Waals surface area contributed by atoms with Gasteiger partial charge in [0, 0.05) is 19.2 Å². The molecule has 1 saturated carbocycles. The first-order valence-electron chi connectivity index (χ1n) is 9.36. The number of fused-ring (bicyclic) bond motifs is 1. The van der Waals surface area contributed by atoms with E-state index in [1.54, 1.807) is 6.07 Å². The molecule has 2 aliphatic heterocycles. The minimum Gasteiger partial charge on any atom is -0.367 e. The van der Waals surface area contributed by atoms with Crippen LogP contribution in [0.2, 0.25) is 0 Å². The van der Waals surface area contributed by atoms with Crippen LogP contribution in [0.25, 0.3) is 0 Å². The molecule has 0 spiro atoms. The lowest BCUT2D eigenvalue weighted by Crippen LogP contribution is -2.64. The molecule has 3 aliphatic rings. The van der Waals surface area contributed by atoms with E-state index < -0.39 is 39.8 Å². The summed E-state index contributed by atoms with van der Waals surface area (Å²) in [6.45, 7) is -0.379. The van der Waals surface area contributed by atoms with E-state index in [-0.39, 0.29) is 30.3 Å². The zero-order chi connectivity index (χ0) is 20.1. The van der Waals surface area contributed by atoms with E-state index in [2.05, 4.69) is 4.98 Å². The summed E-state index contributed by atoms with van der Waals surface area (Å²) in [5.41, 5.74) is 3.69. The molecule has 1 aromatic rings. The van der Waals surface area contributed by atoms with Gasteiger partial charge in [0.1, 0.15) is 0 Å². The molecule has 2 N–H and O–H groups in total. The van der Waals surface area contributed by atoms with E-state index in [0.29, 0.717) is 12.3 Å². The number of hydrogen-bond donors (Lipinski definition) is 1. The number of nitrogens with zero attached hydrogens (tertiary/aromatic N) is 3. The number of hydrogen-bond acceptors (Lipinski definition) is 6. The van der Waals surface area contributed by atoms with Crippen LogP contribution in [0.5, 0.6) is 0 Å². The first-order valence-corrected chi connectivity index (χ1v) is 10.8. The summed E-state index contributed by atoms with van der Waals surface area (Å²) in [5, 5.41) is -0.207. The molecule has 2 unspecified atom stereocenters. The summed E-state index contributed by atoms with van der Waals surface area (Å²) in [4.78, 5) is 43.3. The average molecular weight is 406 g/mol. The SMILES string of the molecule is NC(=O)C12C(=O)CN(S(=O)(=O)c3ccccn3)C1CCN2C(=O)CCC1CC1. The number of Topliss-reactive ketones (excluding diaryl/α,β-unsaturated/α-hetero) is 1. The van der Waals surface area contributed by atoms with Crippen LogP contribution in [0, 0.1) is 5.92 Å². The maximum atomic E-state index is 13.0. The summed E-state index contributed by atoms with van der Waals surface area (Å²) >= 11 is 0. The second-order valence-electron chi connectivity index (χ2n) is 7.60. The van der Waals surface area contributed by atoms with Crippen molar-refractivity contribution in [1.82, 2.24) is 14.2 Å².